The molecule has 0 aliphatic heterocycles. The molecule has 0 radical (unpaired) electrons. The van der Waals surface area contributed by atoms with E-state index in [1.54, 1.807) is 7.05 Å². The molecule has 1 amide bonds. The number of hydrogen-bond acceptors (Lipinski definition) is 3. The maximum absolute atomic E-state index is 10.9. The highest BCUT2D eigenvalue weighted by atomic mass is 16.5. The van der Waals surface area contributed by atoms with Gasteiger partial charge in [-0.1, -0.05) is 12.1 Å². The SMILES string of the molecule is CNC(=O)CCCOc1ccc(CN)cc1. The van der Waals surface area contributed by atoms with E-state index in [0.717, 1.165) is 17.7 Å². The maximum Gasteiger partial charge on any atom is 0.219 e. The van der Waals surface area contributed by atoms with Gasteiger partial charge in [-0.2, -0.15) is 0 Å². The van der Waals surface area contributed by atoms with Crippen molar-refractivity contribution >= 4 is 5.91 Å². The quantitative estimate of drug-likeness (QED) is 0.707. The predicted octanol–water partition coefficient (Wildman–Crippen LogP) is 1.05. The lowest BCUT2D eigenvalue weighted by Crippen LogP contribution is -2.18. The molecule has 0 saturated heterocycles. The Balaban J connectivity index is 2.24. The summed E-state index contributed by atoms with van der Waals surface area (Å²) in [5.74, 6) is 0.858. The van der Waals surface area contributed by atoms with Crippen molar-refractivity contribution in [2.75, 3.05) is 13.7 Å². The number of ether oxygens (including phenoxy) is 1. The maximum atomic E-state index is 10.9. The molecule has 1 aromatic carbocycles. The van der Waals surface area contributed by atoms with Crippen LogP contribution in [-0.4, -0.2) is 19.6 Å². The number of amides is 1. The zero-order valence-corrected chi connectivity index (χ0v) is 9.53. The van der Waals surface area contributed by atoms with Crippen molar-refractivity contribution in [1.82, 2.24) is 5.32 Å². The minimum absolute atomic E-state index is 0.0436. The average molecular weight is 222 g/mol. The lowest BCUT2D eigenvalue weighted by atomic mass is 10.2. The predicted molar refractivity (Wildman–Crippen MR) is 63.1 cm³/mol. The first-order chi connectivity index (χ1) is 7.76. The number of rotatable bonds is 6. The lowest BCUT2D eigenvalue weighted by molar-refractivity contribution is -0.120. The summed E-state index contributed by atoms with van der Waals surface area (Å²) < 4.78 is 5.48. The Morgan fingerprint density at radius 1 is 1.38 bits per heavy atom. The van der Waals surface area contributed by atoms with Crippen LogP contribution < -0.4 is 15.8 Å². The topological polar surface area (TPSA) is 64.3 Å². The number of benzene rings is 1. The minimum atomic E-state index is 0.0436. The second kappa shape index (κ2) is 6.85. The van der Waals surface area contributed by atoms with Crippen molar-refractivity contribution in [2.24, 2.45) is 5.73 Å². The van der Waals surface area contributed by atoms with Gasteiger partial charge in [0.2, 0.25) is 5.91 Å². The molecule has 3 N–H and O–H groups in total. The molecule has 0 aliphatic rings. The Morgan fingerprint density at radius 3 is 2.62 bits per heavy atom. The van der Waals surface area contributed by atoms with Gasteiger partial charge in [0, 0.05) is 20.0 Å². The molecule has 0 atom stereocenters. The fraction of sp³-hybridized carbons (Fsp3) is 0.417. The van der Waals surface area contributed by atoms with Gasteiger partial charge >= 0.3 is 0 Å². The van der Waals surface area contributed by atoms with Crippen LogP contribution in [0.4, 0.5) is 0 Å². The van der Waals surface area contributed by atoms with E-state index in [1.807, 2.05) is 24.3 Å². The number of nitrogens with two attached hydrogens (primary N) is 1. The molecule has 1 aromatic rings. The van der Waals surface area contributed by atoms with Crippen LogP contribution >= 0.6 is 0 Å². The second-order valence-corrected chi connectivity index (χ2v) is 3.47. The third kappa shape index (κ3) is 4.31. The molecule has 0 spiro atoms. The summed E-state index contributed by atoms with van der Waals surface area (Å²) in [4.78, 5) is 10.9. The van der Waals surface area contributed by atoms with Crippen molar-refractivity contribution < 1.29 is 9.53 Å². The molecule has 0 bridgehead atoms. The van der Waals surface area contributed by atoms with Gasteiger partial charge in [-0.3, -0.25) is 4.79 Å². The minimum Gasteiger partial charge on any atom is -0.494 e. The average Bonchev–Trinajstić information content (AvgIpc) is 2.35. The van der Waals surface area contributed by atoms with E-state index in [0.29, 0.717) is 19.6 Å². The van der Waals surface area contributed by atoms with Gasteiger partial charge in [-0.15, -0.1) is 0 Å². The zero-order chi connectivity index (χ0) is 11.8. The van der Waals surface area contributed by atoms with Crippen LogP contribution in [0.1, 0.15) is 18.4 Å². The first-order valence-corrected chi connectivity index (χ1v) is 5.38. The molecule has 0 aliphatic carbocycles. The molecule has 4 nitrogen and oxygen atoms in total. The molecular formula is C12H18N2O2. The summed E-state index contributed by atoms with van der Waals surface area (Å²) in [6, 6.07) is 7.66. The zero-order valence-electron chi connectivity index (χ0n) is 9.53. The van der Waals surface area contributed by atoms with Crippen molar-refractivity contribution in [3.63, 3.8) is 0 Å². The normalized spacial score (nSPS) is 9.88. The Kier molecular flexibility index (Phi) is 5.36. The molecule has 0 heterocycles. The highest BCUT2D eigenvalue weighted by molar-refractivity contribution is 5.75. The van der Waals surface area contributed by atoms with E-state index in [9.17, 15) is 4.79 Å². The van der Waals surface area contributed by atoms with E-state index in [1.165, 1.54) is 0 Å². The number of nitrogens with one attached hydrogen (secondary N) is 1. The Hall–Kier alpha value is -1.55. The van der Waals surface area contributed by atoms with Gasteiger partial charge in [-0.05, 0) is 24.1 Å². The van der Waals surface area contributed by atoms with Crippen LogP contribution in [0.2, 0.25) is 0 Å². The van der Waals surface area contributed by atoms with Gasteiger partial charge < -0.3 is 15.8 Å². The van der Waals surface area contributed by atoms with E-state index < -0.39 is 0 Å². The molecule has 4 heteroatoms. The van der Waals surface area contributed by atoms with E-state index in [4.69, 9.17) is 10.5 Å². The Labute approximate surface area is 95.8 Å². The highest BCUT2D eigenvalue weighted by Gasteiger charge is 1.98. The van der Waals surface area contributed by atoms with Crippen LogP contribution in [0, 0.1) is 0 Å². The van der Waals surface area contributed by atoms with Crippen LogP contribution in [0.25, 0.3) is 0 Å². The van der Waals surface area contributed by atoms with Crippen molar-refractivity contribution in [2.45, 2.75) is 19.4 Å². The number of carbonyl (C=O) groups excluding carboxylic acids is 1. The number of carbonyl (C=O) groups is 1. The summed E-state index contributed by atoms with van der Waals surface area (Å²) in [6.07, 6.45) is 1.22. The summed E-state index contributed by atoms with van der Waals surface area (Å²) in [7, 11) is 1.63. The molecule has 16 heavy (non-hydrogen) atoms. The smallest absolute Gasteiger partial charge is 0.219 e. The number of hydrogen-bond donors (Lipinski definition) is 2. The summed E-state index contributed by atoms with van der Waals surface area (Å²) >= 11 is 0. The van der Waals surface area contributed by atoms with Crippen molar-refractivity contribution in [3.8, 4) is 5.75 Å². The third-order valence-corrected chi connectivity index (χ3v) is 2.25. The van der Waals surface area contributed by atoms with Crippen LogP contribution in [0.3, 0.4) is 0 Å². The molecule has 1 rings (SSSR count). The Bertz CT molecular complexity index is 322. The molecule has 0 saturated carbocycles. The molecule has 0 fully saturated rings. The molecule has 88 valence electrons. The summed E-state index contributed by atoms with van der Waals surface area (Å²) in [6.45, 7) is 1.09. The highest BCUT2D eigenvalue weighted by Crippen LogP contribution is 2.12. The van der Waals surface area contributed by atoms with Gasteiger partial charge in [0.05, 0.1) is 6.61 Å². The van der Waals surface area contributed by atoms with Gasteiger partial charge in [0.1, 0.15) is 5.75 Å². The van der Waals surface area contributed by atoms with E-state index >= 15 is 0 Å². The lowest BCUT2D eigenvalue weighted by Gasteiger charge is -2.06. The van der Waals surface area contributed by atoms with Gasteiger partial charge in [-0.25, -0.2) is 0 Å². The first kappa shape index (κ1) is 12.5. The van der Waals surface area contributed by atoms with E-state index in [-0.39, 0.29) is 5.91 Å². The van der Waals surface area contributed by atoms with Crippen LogP contribution in [0.15, 0.2) is 24.3 Å². The standard InChI is InChI=1S/C12H18N2O2/c1-14-12(15)3-2-8-16-11-6-4-10(9-13)5-7-11/h4-7H,2-3,8-9,13H2,1H3,(H,14,15). The van der Waals surface area contributed by atoms with E-state index in [2.05, 4.69) is 5.32 Å². The van der Waals surface area contributed by atoms with Crippen LogP contribution in [-0.2, 0) is 11.3 Å². The summed E-state index contributed by atoms with van der Waals surface area (Å²) in [5.41, 5.74) is 6.57. The van der Waals surface area contributed by atoms with Crippen LogP contribution in [0.5, 0.6) is 5.75 Å². The largest absolute Gasteiger partial charge is 0.494 e. The summed E-state index contributed by atoms with van der Waals surface area (Å²) in [5, 5.41) is 2.57. The Morgan fingerprint density at radius 2 is 2.06 bits per heavy atom. The van der Waals surface area contributed by atoms with Crippen molar-refractivity contribution in [1.29, 1.82) is 0 Å². The van der Waals surface area contributed by atoms with Gasteiger partial charge in [0.25, 0.3) is 0 Å². The van der Waals surface area contributed by atoms with Crippen molar-refractivity contribution in [3.05, 3.63) is 29.8 Å². The fourth-order valence-electron chi connectivity index (χ4n) is 1.27. The van der Waals surface area contributed by atoms with Gasteiger partial charge in [0.15, 0.2) is 0 Å². The molecule has 0 aromatic heterocycles. The molecule has 0 unspecified atom stereocenters. The molecular weight excluding hydrogens is 204 g/mol. The third-order valence-electron chi connectivity index (χ3n) is 2.25. The second-order valence-electron chi connectivity index (χ2n) is 3.47. The first-order valence-electron chi connectivity index (χ1n) is 5.38. The monoisotopic (exact) mass is 222 g/mol. The fourth-order valence-corrected chi connectivity index (χ4v) is 1.27.